The second kappa shape index (κ2) is 7.69. The molecule has 1 aromatic heterocycles. The number of halogens is 1. The Balaban J connectivity index is 1.90. The van der Waals surface area contributed by atoms with Crippen LogP contribution in [0.3, 0.4) is 0 Å². The van der Waals surface area contributed by atoms with Gasteiger partial charge >= 0.3 is 0 Å². The molecule has 0 aliphatic carbocycles. The van der Waals surface area contributed by atoms with Crippen LogP contribution in [0.1, 0.15) is 37.1 Å². The fraction of sp³-hybridized carbons (Fsp3) is 0.375. The molecule has 0 aliphatic heterocycles. The quantitative estimate of drug-likeness (QED) is 0.759. The van der Waals surface area contributed by atoms with Crippen molar-refractivity contribution in [1.29, 1.82) is 0 Å². The number of ketones is 1. The van der Waals surface area contributed by atoms with Crippen LogP contribution in [-0.2, 0) is 16.0 Å². The minimum absolute atomic E-state index is 0.0168. The van der Waals surface area contributed by atoms with E-state index in [0.717, 1.165) is 18.5 Å². The summed E-state index contributed by atoms with van der Waals surface area (Å²) in [5.41, 5.74) is 1.47. The molecule has 0 spiro atoms. The molecule has 0 amide bonds. The molecule has 1 atom stereocenters. The Morgan fingerprint density at radius 3 is 2.90 bits per heavy atom. The van der Waals surface area contributed by atoms with Gasteiger partial charge in [-0.3, -0.25) is 4.79 Å². The summed E-state index contributed by atoms with van der Waals surface area (Å²) in [6, 6.07) is 6.43. The molecule has 2 aromatic rings. The predicted octanol–water partition coefficient (Wildman–Crippen LogP) is 3.22. The van der Waals surface area contributed by atoms with Crippen LogP contribution in [0, 0.1) is 5.82 Å². The van der Waals surface area contributed by atoms with Crippen LogP contribution in [0.2, 0.25) is 0 Å². The van der Waals surface area contributed by atoms with Gasteiger partial charge in [-0.15, -0.1) is 0 Å². The normalized spacial score (nSPS) is 12.3. The summed E-state index contributed by atoms with van der Waals surface area (Å²) in [7, 11) is 0. The van der Waals surface area contributed by atoms with Crippen molar-refractivity contribution in [1.82, 2.24) is 9.97 Å². The maximum Gasteiger partial charge on any atom is 0.132 e. The number of nitrogens with zero attached hydrogens (tertiary/aromatic N) is 1. The van der Waals surface area contributed by atoms with Crippen molar-refractivity contribution in [2.24, 2.45) is 0 Å². The van der Waals surface area contributed by atoms with E-state index in [2.05, 4.69) is 9.97 Å². The molecule has 1 N–H and O–H groups in total. The molecule has 1 heterocycles. The van der Waals surface area contributed by atoms with Crippen molar-refractivity contribution in [2.75, 3.05) is 6.61 Å². The number of rotatable bonds is 8. The molecule has 0 radical (unpaired) electrons. The van der Waals surface area contributed by atoms with Gasteiger partial charge < -0.3 is 9.72 Å². The standard InChI is InChI=1S/C16H19FN2O2/c1-12(20)9-16(14-6-2-3-7-15(14)17)21-8-4-5-13-10-18-11-19-13/h2-3,6-7,10-11,16H,4-5,8-9H2,1H3,(H,18,19). The first-order valence-electron chi connectivity index (χ1n) is 6.99. The molecule has 2 rings (SSSR count). The Morgan fingerprint density at radius 1 is 1.43 bits per heavy atom. The number of Topliss-reactive ketones (excluding diaryl/α,β-unsaturated/α-hetero) is 1. The van der Waals surface area contributed by atoms with E-state index < -0.39 is 6.10 Å². The SMILES string of the molecule is CC(=O)CC(OCCCc1cnc[nH]1)c1ccccc1F. The van der Waals surface area contributed by atoms with Crippen molar-refractivity contribution in [3.63, 3.8) is 0 Å². The van der Waals surface area contributed by atoms with Crippen LogP contribution >= 0.6 is 0 Å². The molecular formula is C16H19FN2O2. The molecule has 1 aromatic carbocycles. The van der Waals surface area contributed by atoms with Gasteiger partial charge in [0.05, 0.1) is 12.4 Å². The van der Waals surface area contributed by atoms with Gasteiger partial charge in [-0.2, -0.15) is 0 Å². The highest BCUT2D eigenvalue weighted by Gasteiger charge is 2.17. The number of aryl methyl sites for hydroxylation is 1. The molecule has 0 fully saturated rings. The lowest BCUT2D eigenvalue weighted by Gasteiger charge is -2.17. The molecule has 112 valence electrons. The minimum atomic E-state index is -0.523. The van der Waals surface area contributed by atoms with Crippen LogP contribution in [0.25, 0.3) is 0 Å². The number of hydrogen-bond acceptors (Lipinski definition) is 3. The second-order valence-corrected chi connectivity index (χ2v) is 4.97. The summed E-state index contributed by atoms with van der Waals surface area (Å²) in [4.78, 5) is 18.3. The topological polar surface area (TPSA) is 55.0 Å². The summed E-state index contributed by atoms with van der Waals surface area (Å²) in [6.07, 6.45) is 4.66. The van der Waals surface area contributed by atoms with Gasteiger partial charge in [0.15, 0.2) is 0 Å². The zero-order valence-electron chi connectivity index (χ0n) is 12.0. The largest absolute Gasteiger partial charge is 0.373 e. The third kappa shape index (κ3) is 4.79. The van der Waals surface area contributed by atoms with Gasteiger partial charge in [-0.1, -0.05) is 18.2 Å². The fourth-order valence-electron chi connectivity index (χ4n) is 2.17. The lowest BCUT2D eigenvalue weighted by atomic mass is 10.0. The first-order valence-corrected chi connectivity index (χ1v) is 6.99. The molecule has 0 saturated heterocycles. The predicted molar refractivity (Wildman–Crippen MR) is 77.3 cm³/mol. The monoisotopic (exact) mass is 290 g/mol. The van der Waals surface area contributed by atoms with Gasteiger partial charge in [-0.05, 0) is 25.8 Å². The van der Waals surface area contributed by atoms with Gasteiger partial charge in [0, 0.05) is 30.5 Å². The number of hydrogen-bond donors (Lipinski definition) is 1. The maximum absolute atomic E-state index is 13.8. The number of nitrogens with one attached hydrogen (secondary N) is 1. The highest BCUT2D eigenvalue weighted by Crippen LogP contribution is 2.24. The smallest absolute Gasteiger partial charge is 0.132 e. The Labute approximate surface area is 123 Å². The summed E-state index contributed by atoms with van der Waals surface area (Å²) in [5, 5.41) is 0. The van der Waals surface area contributed by atoms with E-state index in [9.17, 15) is 9.18 Å². The van der Waals surface area contributed by atoms with Crippen LogP contribution in [0.5, 0.6) is 0 Å². The Bertz CT molecular complexity index is 569. The molecule has 5 heteroatoms. The maximum atomic E-state index is 13.8. The summed E-state index contributed by atoms with van der Waals surface area (Å²) < 4.78 is 19.5. The highest BCUT2D eigenvalue weighted by molar-refractivity contribution is 5.76. The van der Waals surface area contributed by atoms with Crippen molar-refractivity contribution < 1.29 is 13.9 Å². The van der Waals surface area contributed by atoms with Gasteiger partial charge in [-0.25, -0.2) is 9.37 Å². The molecule has 0 aliphatic rings. The number of carbonyl (C=O) groups excluding carboxylic acids is 1. The van der Waals surface area contributed by atoms with Gasteiger partial charge in [0.25, 0.3) is 0 Å². The number of H-pyrrole nitrogens is 1. The first-order chi connectivity index (χ1) is 10.2. The van der Waals surface area contributed by atoms with Gasteiger partial charge in [0.2, 0.25) is 0 Å². The highest BCUT2D eigenvalue weighted by atomic mass is 19.1. The molecule has 0 saturated carbocycles. The van der Waals surface area contributed by atoms with E-state index in [1.165, 1.54) is 13.0 Å². The number of benzene rings is 1. The average Bonchev–Trinajstić information content (AvgIpc) is 2.96. The van der Waals surface area contributed by atoms with Crippen LogP contribution < -0.4 is 0 Å². The van der Waals surface area contributed by atoms with Crippen LogP contribution in [0.15, 0.2) is 36.8 Å². The molecule has 21 heavy (non-hydrogen) atoms. The van der Waals surface area contributed by atoms with E-state index in [1.807, 2.05) is 0 Å². The molecular weight excluding hydrogens is 271 g/mol. The van der Waals surface area contributed by atoms with Crippen molar-refractivity contribution >= 4 is 5.78 Å². The van der Waals surface area contributed by atoms with E-state index in [0.29, 0.717) is 12.2 Å². The zero-order chi connectivity index (χ0) is 15.1. The summed E-state index contributed by atoms with van der Waals surface area (Å²) in [5.74, 6) is -0.353. The van der Waals surface area contributed by atoms with E-state index in [-0.39, 0.29) is 18.0 Å². The minimum Gasteiger partial charge on any atom is -0.373 e. The molecule has 4 nitrogen and oxygen atoms in total. The van der Waals surface area contributed by atoms with Gasteiger partial charge in [0.1, 0.15) is 11.6 Å². The zero-order valence-corrected chi connectivity index (χ0v) is 12.0. The first kappa shape index (κ1) is 15.4. The number of carbonyl (C=O) groups is 1. The fourth-order valence-corrected chi connectivity index (χ4v) is 2.17. The van der Waals surface area contributed by atoms with Crippen molar-refractivity contribution in [3.05, 3.63) is 53.9 Å². The number of imidazole rings is 1. The third-order valence-corrected chi connectivity index (χ3v) is 3.19. The van der Waals surface area contributed by atoms with Crippen molar-refractivity contribution in [3.8, 4) is 0 Å². The second-order valence-electron chi connectivity index (χ2n) is 4.97. The van der Waals surface area contributed by atoms with Crippen LogP contribution in [0.4, 0.5) is 4.39 Å². The summed E-state index contributed by atoms with van der Waals surface area (Å²) >= 11 is 0. The number of aromatic nitrogens is 2. The molecule has 1 unspecified atom stereocenters. The summed E-state index contributed by atoms with van der Waals surface area (Å²) in [6.45, 7) is 1.95. The van der Waals surface area contributed by atoms with E-state index >= 15 is 0 Å². The van der Waals surface area contributed by atoms with Crippen molar-refractivity contribution in [2.45, 2.75) is 32.3 Å². The molecule has 0 bridgehead atoms. The average molecular weight is 290 g/mol. The lowest BCUT2D eigenvalue weighted by molar-refractivity contribution is -0.120. The number of ether oxygens (including phenoxy) is 1. The third-order valence-electron chi connectivity index (χ3n) is 3.19. The Morgan fingerprint density at radius 2 is 2.24 bits per heavy atom. The lowest BCUT2D eigenvalue weighted by Crippen LogP contribution is -2.11. The Kier molecular flexibility index (Phi) is 5.63. The van der Waals surface area contributed by atoms with E-state index in [4.69, 9.17) is 4.74 Å². The van der Waals surface area contributed by atoms with Crippen LogP contribution in [-0.4, -0.2) is 22.4 Å². The van der Waals surface area contributed by atoms with E-state index in [1.54, 1.807) is 30.7 Å². The number of aromatic amines is 1. The Hall–Kier alpha value is -2.01.